The molecule has 2 aromatic heterocycles. The Balaban J connectivity index is 1.51. The van der Waals surface area contributed by atoms with Crippen LogP contribution < -0.4 is 15.0 Å². The Morgan fingerprint density at radius 1 is 1.18 bits per heavy atom. The van der Waals surface area contributed by atoms with Crippen LogP contribution >= 0.6 is 0 Å². The fraction of sp³-hybridized carbons (Fsp3) is 0.553. The minimum Gasteiger partial charge on any atom is -0.470 e. The van der Waals surface area contributed by atoms with Gasteiger partial charge in [0.15, 0.2) is 8.32 Å². The standard InChI is InChI=1S/C38H52FN7O4Si/c1-24-16-30(33(42-20-24)49-31-13-15-45(9)21-28(31)39)44-34-41-14-12-29(43-34)25-17-26(19-40)32-27(18-25)38(8,23-48-51(10,11)37(5,6)7)22-46(32)35(47)50-36(2,3)4/h12,14,16-18,20,28,31H,13,15,21-23H2,1-11H3,(H,41,43,44)/t28?,31?,38-/m1/s1. The number of aryl methyl sites for hydroxylation is 1. The molecule has 2 unspecified atom stereocenters. The molecule has 0 spiro atoms. The molecule has 3 aromatic rings. The molecule has 274 valence electrons. The number of benzene rings is 1. The molecule has 4 heterocycles. The molecule has 3 atom stereocenters. The lowest BCUT2D eigenvalue weighted by atomic mass is 9.83. The summed E-state index contributed by atoms with van der Waals surface area (Å²) in [6.45, 7) is 22.1. The van der Waals surface area contributed by atoms with Crippen LogP contribution in [0, 0.1) is 18.3 Å². The van der Waals surface area contributed by atoms with Crippen molar-refractivity contribution >= 4 is 31.7 Å². The number of anilines is 3. The number of rotatable bonds is 8. The number of nitrogens with one attached hydrogen (secondary N) is 1. The Hall–Kier alpha value is -4.12. The third-order valence-electron chi connectivity index (χ3n) is 9.96. The van der Waals surface area contributed by atoms with Gasteiger partial charge in [0, 0.05) is 49.6 Å². The lowest BCUT2D eigenvalue weighted by Crippen LogP contribution is -2.46. The van der Waals surface area contributed by atoms with E-state index in [2.05, 4.69) is 62.1 Å². The van der Waals surface area contributed by atoms with Crippen molar-refractivity contribution in [3.8, 4) is 23.2 Å². The van der Waals surface area contributed by atoms with Gasteiger partial charge in [-0.3, -0.25) is 4.90 Å². The predicted molar refractivity (Wildman–Crippen MR) is 200 cm³/mol. The van der Waals surface area contributed by atoms with Gasteiger partial charge in [0.25, 0.3) is 0 Å². The van der Waals surface area contributed by atoms with Crippen LogP contribution in [0.15, 0.2) is 36.7 Å². The van der Waals surface area contributed by atoms with Gasteiger partial charge in [0.2, 0.25) is 11.8 Å². The van der Waals surface area contributed by atoms with E-state index in [0.717, 1.165) is 17.7 Å². The summed E-state index contributed by atoms with van der Waals surface area (Å²) in [6.07, 6.45) is 1.59. The molecule has 0 aliphatic carbocycles. The molecule has 1 saturated heterocycles. The van der Waals surface area contributed by atoms with Gasteiger partial charge in [-0.1, -0.05) is 27.7 Å². The Morgan fingerprint density at radius 3 is 2.55 bits per heavy atom. The minimum atomic E-state index is -2.17. The molecule has 51 heavy (non-hydrogen) atoms. The van der Waals surface area contributed by atoms with Gasteiger partial charge >= 0.3 is 6.09 Å². The number of pyridine rings is 1. The van der Waals surface area contributed by atoms with Gasteiger partial charge in [-0.25, -0.2) is 24.1 Å². The van der Waals surface area contributed by atoms with Crippen LogP contribution in [0.25, 0.3) is 11.3 Å². The highest BCUT2D eigenvalue weighted by atomic mass is 28.4. The van der Waals surface area contributed by atoms with Crippen LogP contribution in [-0.2, 0) is 14.6 Å². The number of likely N-dealkylation sites (tertiary alicyclic amines) is 1. The Morgan fingerprint density at radius 2 is 1.90 bits per heavy atom. The second-order valence-electron chi connectivity index (χ2n) is 16.7. The molecule has 0 radical (unpaired) electrons. The maximum atomic E-state index is 14.9. The van der Waals surface area contributed by atoms with Gasteiger partial charge in [-0.15, -0.1) is 0 Å². The third-order valence-corrected chi connectivity index (χ3v) is 14.4. The summed E-state index contributed by atoms with van der Waals surface area (Å²) in [5, 5.41) is 13.7. The smallest absolute Gasteiger partial charge is 0.414 e. The van der Waals surface area contributed by atoms with Crippen LogP contribution in [0.2, 0.25) is 18.1 Å². The summed E-state index contributed by atoms with van der Waals surface area (Å²) >= 11 is 0. The highest BCUT2D eigenvalue weighted by molar-refractivity contribution is 6.74. The number of amides is 1. The third kappa shape index (κ3) is 8.51. The summed E-state index contributed by atoms with van der Waals surface area (Å²) in [5.74, 6) is 0.555. The number of hydrogen-bond acceptors (Lipinski definition) is 10. The van der Waals surface area contributed by atoms with Gasteiger partial charge in [-0.05, 0) is 94.7 Å². The Kier molecular flexibility index (Phi) is 10.6. The van der Waals surface area contributed by atoms with Crippen LogP contribution in [0.4, 0.5) is 26.5 Å². The number of hydrogen-bond donors (Lipinski definition) is 1. The number of aromatic nitrogens is 3. The number of fused-ring (bicyclic) bond motifs is 1. The first-order valence-electron chi connectivity index (χ1n) is 17.5. The monoisotopic (exact) mass is 717 g/mol. The number of alkyl halides is 1. The minimum absolute atomic E-state index is 0.0158. The van der Waals surface area contributed by atoms with Crippen molar-refractivity contribution in [2.75, 3.05) is 43.5 Å². The first-order chi connectivity index (χ1) is 23.7. The normalized spacial score (nSPS) is 21.2. The van der Waals surface area contributed by atoms with E-state index in [9.17, 15) is 14.4 Å². The predicted octanol–water partition coefficient (Wildman–Crippen LogP) is 7.92. The maximum absolute atomic E-state index is 14.9. The first kappa shape index (κ1) is 38.1. The zero-order valence-electron chi connectivity index (χ0n) is 31.8. The molecular formula is C38H52FN7O4Si. The molecule has 1 amide bonds. The average Bonchev–Trinajstić information content (AvgIpc) is 3.34. The van der Waals surface area contributed by atoms with Crippen molar-refractivity contribution in [2.45, 2.75) is 103 Å². The number of carbonyl (C=O) groups is 1. The zero-order chi connectivity index (χ0) is 37.5. The van der Waals surface area contributed by atoms with E-state index in [1.54, 1.807) is 29.4 Å². The maximum Gasteiger partial charge on any atom is 0.414 e. The van der Waals surface area contributed by atoms with Crippen LogP contribution in [-0.4, -0.2) is 85.4 Å². The van der Waals surface area contributed by atoms with E-state index in [4.69, 9.17) is 18.9 Å². The van der Waals surface area contributed by atoms with Crippen molar-refractivity contribution < 1.29 is 23.1 Å². The summed E-state index contributed by atoms with van der Waals surface area (Å²) in [4.78, 5) is 30.9. The summed E-state index contributed by atoms with van der Waals surface area (Å²) in [7, 11) is -0.275. The van der Waals surface area contributed by atoms with E-state index in [0.29, 0.717) is 54.3 Å². The molecule has 1 N–H and O–H groups in total. The number of nitriles is 1. The Bertz CT molecular complexity index is 1820. The largest absolute Gasteiger partial charge is 0.470 e. The summed E-state index contributed by atoms with van der Waals surface area (Å²) in [6, 6.07) is 9.71. The number of ether oxygens (including phenoxy) is 2. The van der Waals surface area contributed by atoms with E-state index >= 15 is 0 Å². The van der Waals surface area contributed by atoms with Crippen molar-refractivity contribution in [1.29, 1.82) is 5.26 Å². The zero-order valence-corrected chi connectivity index (χ0v) is 32.8. The van der Waals surface area contributed by atoms with Crippen molar-refractivity contribution in [3.63, 3.8) is 0 Å². The van der Waals surface area contributed by atoms with Crippen molar-refractivity contribution in [1.82, 2.24) is 19.9 Å². The second-order valence-corrected chi connectivity index (χ2v) is 21.5. The Labute approximate surface area is 302 Å². The summed E-state index contributed by atoms with van der Waals surface area (Å²) < 4.78 is 33.5. The number of nitrogens with zero attached hydrogens (tertiary/aromatic N) is 6. The number of halogens is 1. The molecular weight excluding hydrogens is 666 g/mol. The van der Waals surface area contributed by atoms with E-state index in [1.807, 2.05) is 51.8 Å². The number of piperidine rings is 1. The van der Waals surface area contributed by atoms with Crippen LogP contribution in [0.3, 0.4) is 0 Å². The van der Waals surface area contributed by atoms with Gasteiger partial charge < -0.3 is 24.1 Å². The first-order valence-corrected chi connectivity index (χ1v) is 20.4. The number of carbonyl (C=O) groups excluding carboxylic acids is 1. The van der Waals surface area contributed by atoms with E-state index < -0.39 is 37.7 Å². The van der Waals surface area contributed by atoms with E-state index in [1.165, 1.54) is 0 Å². The molecule has 2 aliphatic rings. The van der Waals surface area contributed by atoms with Crippen LogP contribution in [0.5, 0.6) is 5.88 Å². The summed E-state index contributed by atoms with van der Waals surface area (Å²) in [5.41, 5.74) is 2.96. The fourth-order valence-corrected chi connectivity index (χ4v) is 7.15. The molecule has 13 heteroatoms. The SMILES string of the molecule is Cc1cnc(OC2CCN(C)CC2F)c(Nc2nccc(-c3cc(C#N)c4c(c3)[C@@](C)(CO[Si](C)(C)C(C)(C)C)CN4C(=O)OC(C)(C)C)n2)c1. The molecule has 5 rings (SSSR count). The van der Waals surface area contributed by atoms with E-state index in [-0.39, 0.29) is 16.9 Å². The van der Waals surface area contributed by atoms with Gasteiger partial charge in [-0.2, -0.15) is 5.26 Å². The lowest BCUT2D eigenvalue weighted by molar-refractivity contribution is 0.0291. The quantitative estimate of drug-likeness (QED) is 0.230. The highest BCUT2D eigenvalue weighted by Gasteiger charge is 2.47. The molecule has 1 aromatic carbocycles. The second kappa shape index (κ2) is 14.1. The van der Waals surface area contributed by atoms with Crippen molar-refractivity contribution in [3.05, 3.63) is 53.3 Å². The molecule has 0 saturated carbocycles. The fourth-order valence-electron chi connectivity index (χ4n) is 6.04. The van der Waals surface area contributed by atoms with Gasteiger partial charge in [0.05, 0.1) is 16.9 Å². The average molecular weight is 718 g/mol. The molecule has 11 nitrogen and oxygen atoms in total. The van der Waals surface area contributed by atoms with Gasteiger partial charge in [0.1, 0.15) is 29.6 Å². The topological polar surface area (TPSA) is 126 Å². The molecule has 1 fully saturated rings. The highest BCUT2D eigenvalue weighted by Crippen LogP contribution is 2.47. The lowest BCUT2D eigenvalue weighted by Gasteiger charge is -2.39. The molecule has 0 bridgehead atoms. The van der Waals surface area contributed by atoms with Crippen LogP contribution in [0.1, 0.15) is 71.6 Å². The van der Waals surface area contributed by atoms with Crippen molar-refractivity contribution in [2.24, 2.45) is 0 Å². The molecule has 2 aliphatic heterocycles.